The first kappa shape index (κ1) is 14.5. The van der Waals surface area contributed by atoms with E-state index in [1.54, 1.807) is 0 Å². The van der Waals surface area contributed by atoms with E-state index in [1.165, 1.54) is 45.9 Å². The van der Waals surface area contributed by atoms with Crippen LogP contribution in [0.3, 0.4) is 0 Å². The lowest BCUT2D eigenvalue weighted by Crippen LogP contribution is -1.96. The molecule has 0 atom stereocenters. The van der Waals surface area contributed by atoms with Gasteiger partial charge in [-0.15, -0.1) is 0 Å². The van der Waals surface area contributed by atoms with Gasteiger partial charge in [0.2, 0.25) is 0 Å². The van der Waals surface area contributed by atoms with Crippen molar-refractivity contribution in [3.63, 3.8) is 0 Å². The molecule has 0 fully saturated rings. The zero-order valence-electron chi connectivity index (χ0n) is 11.4. The number of aromatic nitrogens is 1. The molecule has 19 heavy (non-hydrogen) atoms. The fourth-order valence-electron chi connectivity index (χ4n) is 2.35. The Balaban J connectivity index is 1.83. The molecule has 0 aliphatic carbocycles. The van der Waals surface area contributed by atoms with Gasteiger partial charge in [0, 0.05) is 16.0 Å². The molecule has 2 aromatic rings. The van der Waals surface area contributed by atoms with Gasteiger partial charge in [-0.05, 0) is 83.5 Å². The monoisotopic (exact) mass is 365 g/mol. The molecule has 2 heteroatoms. The molecule has 0 unspecified atom stereocenters. The van der Waals surface area contributed by atoms with E-state index < -0.39 is 0 Å². The standard InChI is InChI=1S/C17H20IN/c1-2-14-13-19-12-11-15(14)7-3-4-8-16-9-5-6-10-17(16)18/h5-6,9-13H,2-4,7-8H2,1H3. The lowest BCUT2D eigenvalue weighted by molar-refractivity contribution is 0.727. The van der Waals surface area contributed by atoms with Crippen molar-refractivity contribution in [2.75, 3.05) is 0 Å². The average Bonchev–Trinajstić information content (AvgIpc) is 2.45. The average molecular weight is 365 g/mol. The van der Waals surface area contributed by atoms with Crippen molar-refractivity contribution in [1.29, 1.82) is 0 Å². The van der Waals surface area contributed by atoms with Crippen LogP contribution in [0.2, 0.25) is 0 Å². The van der Waals surface area contributed by atoms with Crippen molar-refractivity contribution >= 4 is 22.6 Å². The Morgan fingerprint density at radius 2 is 1.68 bits per heavy atom. The van der Waals surface area contributed by atoms with Gasteiger partial charge in [0.15, 0.2) is 0 Å². The number of aryl methyl sites for hydroxylation is 3. The molecule has 0 aliphatic heterocycles. The molecule has 0 saturated heterocycles. The van der Waals surface area contributed by atoms with Crippen molar-refractivity contribution in [2.45, 2.75) is 39.0 Å². The molecule has 2 rings (SSSR count). The second-order valence-electron chi connectivity index (χ2n) is 4.80. The molecular formula is C17H20IN. The summed E-state index contributed by atoms with van der Waals surface area (Å²) in [4.78, 5) is 4.20. The van der Waals surface area contributed by atoms with Gasteiger partial charge in [-0.1, -0.05) is 25.1 Å². The van der Waals surface area contributed by atoms with Crippen LogP contribution in [0.1, 0.15) is 36.5 Å². The summed E-state index contributed by atoms with van der Waals surface area (Å²) in [6.45, 7) is 2.20. The molecule has 1 aromatic heterocycles. The minimum Gasteiger partial charge on any atom is -0.264 e. The highest BCUT2D eigenvalue weighted by Gasteiger charge is 2.02. The molecule has 1 nitrogen and oxygen atoms in total. The van der Waals surface area contributed by atoms with Gasteiger partial charge < -0.3 is 0 Å². The number of unbranched alkanes of at least 4 members (excludes halogenated alkanes) is 1. The third-order valence-electron chi connectivity index (χ3n) is 3.49. The summed E-state index contributed by atoms with van der Waals surface area (Å²) in [7, 11) is 0. The molecular weight excluding hydrogens is 345 g/mol. The number of nitrogens with zero attached hydrogens (tertiary/aromatic N) is 1. The third-order valence-corrected chi connectivity index (χ3v) is 4.54. The summed E-state index contributed by atoms with van der Waals surface area (Å²) in [5.74, 6) is 0. The van der Waals surface area contributed by atoms with Crippen LogP contribution in [-0.2, 0) is 19.3 Å². The van der Waals surface area contributed by atoms with Crippen molar-refractivity contribution < 1.29 is 0 Å². The largest absolute Gasteiger partial charge is 0.264 e. The van der Waals surface area contributed by atoms with Crippen LogP contribution in [0.15, 0.2) is 42.7 Å². The number of hydrogen-bond donors (Lipinski definition) is 0. The molecule has 0 N–H and O–H groups in total. The van der Waals surface area contributed by atoms with Crippen molar-refractivity contribution in [3.05, 3.63) is 63.0 Å². The van der Waals surface area contributed by atoms with Gasteiger partial charge >= 0.3 is 0 Å². The normalized spacial score (nSPS) is 10.6. The number of benzene rings is 1. The number of rotatable bonds is 6. The fraction of sp³-hybridized carbons (Fsp3) is 0.353. The topological polar surface area (TPSA) is 12.9 Å². The Kier molecular flexibility index (Phi) is 5.83. The predicted molar refractivity (Wildman–Crippen MR) is 89.4 cm³/mol. The van der Waals surface area contributed by atoms with Crippen LogP contribution in [0.25, 0.3) is 0 Å². The second kappa shape index (κ2) is 7.63. The maximum Gasteiger partial charge on any atom is 0.0302 e. The van der Waals surface area contributed by atoms with Crippen LogP contribution < -0.4 is 0 Å². The Morgan fingerprint density at radius 3 is 2.42 bits per heavy atom. The minimum atomic E-state index is 1.08. The molecule has 1 heterocycles. The molecule has 0 bridgehead atoms. The van der Waals surface area contributed by atoms with Crippen LogP contribution in [0, 0.1) is 3.57 Å². The minimum absolute atomic E-state index is 1.08. The lowest BCUT2D eigenvalue weighted by atomic mass is 10.0. The maximum absolute atomic E-state index is 4.20. The number of halogens is 1. The van der Waals surface area contributed by atoms with E-state index in [0.717, 1.165) is 6.42 Å². The molecule has 0 radical (unpaired) electrons. The molecule has 0 spiro atoms. The van der Waals surface area contributed by atoms with E-state index in [1.807, 2.05) is 12.4 Å². The molecule has 1 aromatic carbocycles. The zero-order chi connectivity index (χ0) is 13.5. The van der Waals surface area contributed by atoms with Gasteiger partial charge in [-0.3, -0.25) is 4.98 Å². The van der Waals surface area contributed by atoms with Crippen molar-refractivity contribution in [2.24, 2.45) is 0 Å². The van der Waals surface area contributed by atoms with Crippen molar-refractivity contribution in [1.82, 2.24) is 4.98 Å². The molecule has 0 aliphatic rings. The number of hydrogen-bond acceptors (Lipinski definition) is 1. The Bertz CT molecular complexity index is 522. The predicted octanol–water partition coefficient (Wildman–Crippen LogP) is 4.81. The summed E-state index contributed by atoms with van der Waals surface area (Å²) in [5.41, 5.74) is 4.35. The van der Waals surface area contributed by atoms with Gasteiger partial charge in [0.25, 0.3) is 0 Å². The van der Waals surface area contributed by atoms with Crippen LogP contribution >= 0.6 is 22.6 Å². The Morgan fingerprint density at radius 1 is 0.947 bits per heavy atom. The Labute approximate surface area is 129 Å². The first-order valence-corrected chi connectivity index (χ1v) is 8.04. The van der Waals surface area contributed by atoms with Crippen molar-refractivity contribution in [3.8, 4) is 0 Å². The summed E-state index contributed by atoms with van der Waals surface area (Å²) >= 11 is 2.43. The summed E-state index contributed by atoms with van der Waals surface area (Å²) in [6, 6.07) is 10.8. The third kappa shape index (κ3) is 4.30. The van der Waals surface area contributed by atoms with Gasteiger partial charge in [-0.2, -0.15) is 0 Å². The van der Waals surface area contributed by atoms with E-state index in [9.17, 15) is 0 Å². The smallest absolute Gasteiger partial charge is 0.0302 e. The fourth-order valence-corrected chi connectivity index (χ4v) is 3.01. The van der Waals surface area contributed by atoms with E-state index in [4.69, 9.17) is 0 Å². The lowest BCUT2D eigenvalue weighted by Gasteiger charge is -2.07. The quantitative estimate of drug-likeness (QED) is 0.529. The van der Waals surface area contributed by atoms with E-state index in [0.29, 0.717) is 0 Å². The van der Waals surface area contributed by atoms with Gasteiger partial charge in [0.05, 0.1) is 0 Å². The molecule has 0 amide bonds. The molecule has 0 saturated carbocycles. The van der Waals surface area contributed by atoms with Crippen LogP contribution in [-0.4, -0.2) is 4.98 Å². The SMILES string of the molecule is CCc1cnccc1CCCCc1ccccc1I. The first-order valence-electron chi connectivity index (χ1n) is 6.96. The van der Waals surface area contributed by atoms with E-state index in [-0.39, 0.29) is 0 Å². The highest BCUT2D eigenvalue weighted by atomic mass is 127. The van der Waals surface area contributed by atoms with Crippen LogP contribution in [0.4, 0.5) is 0 Å². The zero-order valence-corrected chi connectivity index (χ0v) is 13.6. The summed E-state index contributed by atoms with van der Waals surface area (Å²) < 4.78 is 1.39. The maximum atomic E-state index is 4.20. The van der Waals surface area contributed by atoms with Gasteiger partial charge in [-0.25, -0.2) is 0 Å². The second-order valence-corrected chi connectivity index (χ2v) is 5.96. The molecule has 100 valence electrons. The first-order chi connectivity index (χ1) is 9.31. The summed E-state index contributed by atoms with van der Waals surface area (Å²) in [5, 5.41) is 0. The Hall–Kier alpha value is -0.900. The van der Waals surface area contributed by atoms with E-state index >= 15 is 0 Å². The van der Waals surface area contributed by atoms with Gasteiger partial charge in [0.1, 0.15) is 0 Å². The number of pyridine rings is 1. The highest BCUT2D eigenvalue weighted by molar-refractivity contribution is 14.1. The van der Waals surface area contributed by atoms with E-state index in [2.05, 4.69) is 64.8 Å². The summed E-state index contributed by atoms with van der Waals surface area (Å²) in [6.07, 6.45) is 9.87. The highest BCUT2D eigenvalue weighted by Crippen LogP contribution is 2.16. The van der Waals surface area contributed by atoms with Crippen LogP contribution in [0.5, 0.6) is 0 Å².